The van der Waals surface area contributed by atoms with Crippen LogP contribution < -0.4 is 10.2 Å². The lowest BCUT2D eigenvalue weighted by molar-refractivity contribution is 0.112. The van der Waals surface area contributed by atoms with E-state index >= 15 is 0 Å². The first kappa shape index (κ1) is 18.0. The Bertz CT molecular complexity index is 786. The zero-order chi connectivity index (χ0) is 17.5. The highest BCUT2D eigenvalue weighted by atomic mass is 32.1. The van der Waals surface area contributed by atoms with Gasteiger partial charge in [0.1, 0.15) is 6.07 Å². The van der Waals surface area contributed by atoms with Crippen molar-refractivity contribution in [2.24, 2.45) is 4.99 Å². The number of aliphatic imine (C=N–C) groups is 1. The molecule has 0 unspecified atom stereocenters. The molecular formula is C18H22N4OS. The zero-order valence-corrected chi connectivity index (χ0v) is 15.1. The van der Waals surface area contributed by atoms with Gasteiger partial charge in [0.25, 0.3) is 0 Å². The number of rotatable bonds is 8. The summed E-state index contributed by atoms with van der Waals surface area (Å²) in [5.41, 5.74) is 2.27. The molecule has 6 heteroatoms. The van der Waals surface area contributed by atoms with Crippen LogP contribution in [-0.2, 0) is 0 Å². The number of unbranched alkanes of at least 4 members (excludes halogenated alkanes) is 2. The van der Waals surface area contributed by atoms with Crippen LogP contribution >= 0.6 is 11.3 Å². The Balaban J connectivity index is 2.43. The molecule has 0 spiro atoms. The van der Waals surface area contributed by atoms with E-state index in [1.807, 2.05) is 25.1 Å². The lowest BCUT2D eigenvalue weighted by Crippen LogP contribution is -2.09. The van der Waals surface area contributed by atoms with Crippen LogP contribution in [-0.4, -0.2) is 33.3 Å². The standard InChI is InChI=1S/C18H22N4OS/c1-4-5-6-9-20-12-21-17-15(11-23)24-18-13(10-19)7-8-14(16(17)18)22(2)3/h7-8,11-12H,4-6,9H2,1-3H3,(H,20,21). The second kappa shape index (κ2) is 8.46. The van der Waals surface area contributed by atoms with Crippen molar-refractivity contribution in [1.82, 2.24) is 0 Å². The summed E-state index contributed by atoms with van der Waals surface area (Å²) < 4.78 is 0.827. The molecule has 0 amide bonds. The Morgan fingerprint density at radius 2 is 2.17 bits per heavy atom. The predicted molar refractivity (Wildman–Crippen MR) is 103 cm³/mol. The van der Waals surface area contributed by atoms with Crippen LogP contribution in [0.25, 0.3) is 10.1 Å². The molecule has 0 saturated carbocycles. The van der Waals surface area contributed by atoms with E-state index in [1.54, 1.807) is 12.4 Å². The molecule has 0 radical (unpaired) electrons. The first-order valence-corrected chi connectivity index (χ1v) is 8.82. The molecule has 1 aromatic carbocycles. The number of nitrogens with one attached hydrogen (secondary N) is 1. The van der Waals surface area contributed by atoms with Crippen molar-refractivity contribution in [3.8, 4) is 6.07 Å². The van der Waals surface area contributed by atoms with E-state index in [9.17, 15) is 10.1 Å². The molecular weight excluding hydrogens is 320 g/mol. The van der Waals surface area contributed by atoms with Crippen LogP contribution in [0.5, 0.6) is 0 Å². The number of carbonyl (C=O) groups excluding carboxylic acids is 1. The largest absolute Gasteiger partial charge is 0.377 e. The minimum Gasteiger partial charge on any atom is -0.377 e. The molecule has 0 aliphatic carbocycles. The highest BCUT2D eigenvalue weighted by Gasteiger charge is 2.18. The smallest absolute Gasteiger partial charge is 0.162 e. The highest BCUT2D eigenvalue weighted by Crippen LogP contribution is 2.42. The van der Waals surface area contributed by atoms with Gasteiger partial charge in [-0.2, -0.15) is 5.26 Å². The zero-order valence-electron chi connectivity index (χ0n) is 14.3. The van der Waals surface area contributed by atoms with Gasteiger partial charge in [-0.05, 0) is 18.6 Å². The van der Waals surface area contributed by atoms with Crippen molar-refractivity contribution in [1.29, 1.82) is 5.26 Å². The maximum Gasteiger partial charge on any atom is 0.162 e. The molecule has 5 nitrogen and oxygen atoms in total. The number of hydrogen-bond acceptors (Lipinski definition) is 5. The summed E-state index contributed by atoms with van der Waals surface area (Å²) in [7, 11) is 3.89. The number of thiophene rings is 1. The Hall–Kier alpha value is -2.39. The summed E-state index contributed by atoms with van der Waals surface area (Å²) in [5.74, 6) is 0. The lowest BCUT2D eigenvalue weighted by Gasteiger charge is -2.15. The molecule has 1 aromatic heterocycles. The molecule has 2 aromatic rings. The van der Waals surface area contributed by atoms with Crippen LogP contribution in [0.4, 0.5) is 11.4 Å². The molecule has 1 heterocycles. The first-order chi connectivity index (χ1) is 11.6. The molecule has 2 rings (SSSR count). The van der Waals surface area contributed by atoms with E-state index in [0.29, 0.717) is 10.4 Å². The third-order valence-electron chi connectivity index (χ3n) is 3.74. The molecule has 0 bridgehead atoms. The summed E-state index contributed by atoms with van der Waals surface area (Å²) in [4.78, 5) is 18.4. The third kappa shape index (κ3) is 3.74. The van der Waals surface area contributed by atoms with Gasteiger partial charge in [0.2, 0.25) is 0 Å². The summed E-state index contributed by atoms with van der Waals surface area (Å²) in [6.07, 6.45) is 5.87. The topological polar surface area (TPSA) is 68.5 Å². The maximum absolute atomic E-state index is 11.5. The molecule has 0 atom stereocenters. The minimum atomic E-state index is 0.579. The first-order valence-electron chi connectivity index (χ1n) is 8.01. The fourth-order valence-electron chi connectivity index (χ4n) is 2.52. The Kier molecular flexibility index (Phi) is 6.33. The SMILES string of the molecule is CCCCCN=CNc1c(C=O)sc2c(C#N)ccc(N(C)C)c12. The van der Waals surface area contributed by atoms with Crippen molar-refractivity contribution < 1.29 is 4.79 Å². The minimum absolute atomic E-state index is 0.579. The van der Waals surface area contributed by atoms with Crippen LogP contribution in [0, 0.1) is 11.3 Å². The van der Waals surface area contributed by atoms with E-state index in [-0.39, 0.29) is 0 Å². The van der Waals surface area contributed by atoms with Crippen molar-refractivity contribution >= 4 is 45.4 Å². The van der Waals surface area contributed by atoms with E-state index in [1.165, 1.54) is 11.3 Å². The van der Waals surface area contributed by atoms with Crippen LogP contribution in [0.15, 0.2) is 17.1 Å². The van der Waals surface area contributed by atoms with Crippen molar-refractivity contribution in [3.63, 3.8) is 0 Å². The van der Waals surface area contributed by atoms with Gasteiger partial charge < -0.3 is 10.2 Å². The fourth-order valence-corrected chi connectivity index (χ4v) is 3.58. The second-order valence-electron chi connectivity index (χ2n) is 5.69. The number of nitrogens with zero attached hydrogens (tertiary/aromatic N) is 3. The number of benzene rings is 1. The summed E-state index contributed by atoms with van der Waals surface area (Å²) in [6, 6.07) is 5.91. The van der Waals surface area contributed by atoms with Gasteiger partial charge in [-0.15, -0.1) is 11.3 Å². The van der Waals surface area contributed by atoms with Crippen LogP contribution in [0.1, 0.15) is 41.4 Å². The van der Waals surface area contributed by atoms with E-state index in [4.69, 9.17) is 0 Å². The van der Waals surface area contributed by atoms with Crippen LogP contribution in [0.2, 0.25) is 0 Å². The molecule has 126 valence electrons. The third-order valence-corrected chi connectivity index (χ3v) is 4.89. The molecule has 0 fully saturated rings. The van der Waals surface area contributed by atoms with E-state index in [2.05, 4.69) is 23.3 Å². The van der Waals surface area contributed by atoms with Gasteiger partial charge >= 0.3 is 0 Å². The Labute approximate surface area is 146 Å². The molecule has 24 heavy (non-hydrogen) atoms. The highest BCUT2D eigenvalue weighted by molar-refractivity contribution is 7.21. The maximum atomic E-state index is 11.5. The van der Waals surface area contributed by atoms with Gasteiger partial charge in [-0.1, -0.05) is 19.8 Å². The molecule has 0 aliphatic rings. The van der Waals surface area contributed by atoms with Crippen LogP contribution in [0.3, 0.4) is 0 Å². The fraction of sp³-hybridized carbons (Fsp3) is 0.389. The number of nitriles is 1. The lowest BCUT2D eigenvalue weighted by atomic mass is 10.1. The number of anilines is 2. The van der Waals surface area contributed by atoms with Gasteiger partial charge in [0.15, 0.2) is 6.29 Å². The van der Waals surface area contributed by atoms with Gasteiger partial charge in [0, 0.05) is 31.7 Å². The quantitative estimate of drug-likeness (QED) is 0.336. The van der Waals surface area contributed by atoms with Crippen molar-refractivity contribution in [2.75, 3.05) is 30.9 Å². The summed E-state index contributed by atoms with van der Waals surface area (Å²) >= 11 is 1.34. The summed E-state index contributed by atoms with van der Waals surface area (Å²) in [6.45, 7) is 2.93. The molecule has 0 saturated heterocycles. The van der Waals surface area contributed by atoms with Gasteiger partial charge in [-0.25, -0.2) is 0 Å². The number of aldehydes is 1. The average molecular weight is 342 g/mol. The number of fused-ring (bicyclic) bond motifs is 1. The Morgan fingerprint density at radius 3 is 2.79 bits per heavy atom. The van der Waals surface area contributed by atoms with E-state index < -0.39 is 0 Å². The molecule has 1 N–H and O–H groups in total. The molecule has 0 aliphatic heterocycles. The normalized spacial score (nSPS) is 10.9. The average Bonchev–Trinajstić information content (AvgIpc) is 2.95. The monoisotopic (exact) mass is 342 g/mol. The van der Waals surface area contributed by atoms with Crippen molar-refractivity contribution in [3.05, 3.63) is 22.6 Å². The second-order valence-corrected chi connectivity index (χ2v) is 6.74. The van der Waals surface area contributed by atoms with Crippen molar-refractivity contribution in [2.45, 2.75) is 26.2 Å². The number of carbonyl (C=O) groups is 1. The summed E-state index contributed by atoms with van der Waals surface area (Å²) in [5, 5.41) is 13.4. The van der Waals surface area contributed by atoms with Gasteiger partial charge in [-0.3, -0.25) is 9.79 Å². The number of hydrogen-bond donors (Lipinski definition) is 1. The predicted octanol–water partition coefficient (Wildman–Crippen LogP) is 4.28. The van der Waals surface area contributed by atoms with E-state index in [0.717, 1.165) is 53.6 Å². The van der Waals surface area contributed by atoms with Gasteiger partial charge in [0.05, 0.1) is 27.2 Å². The Morgan fingerprint density at radius 1 is 1.38 bits per heavy atom.